The summed E-state index contributed by atoms with van der Waals surface area (Å²) in [5, 5.41) is 0.650. The van der Waals surface area contributed by atoms with Crippen LogP contribution >= 0.6 is 11.6 Å². The fraction of sp³-hybridized carbons (Fsp3) is 0.647. The molecule has 3 nitrogen and oxygen atoms in total. The molecule has 0 aromatic heterocycles. The van der Waals surface area contributed by atoms with E-state index in [4.69, 9.17) is 26.8 Å². The molecule has 0 bridgehead atoms. The van der Waals surface area contributed by atoms with Gasteiger partial charge < -0.3 is 15.2 Å². The molecule has 4 heteroatoms. The molecule has 1 saturated carbocycles. The fourth-order valence-electron chi connectivity index (χ4n) is 3.53. The lowest BCUT2D eigenvalue weighted by Gasteiger charge is -2.38. The van der Waals surface area contributed by atoms with E-state index in [0.29, 0.717) is 5.02 Å². The topological polar surface area (TPSA) is 44.5 Å². The third kappa shape index (κ3) is 3.36. The van der Waals surface area contributed by atoms with Crippen molar-refractivity contribution in [3.05, 3.63) is 28.8 Å². The van der Waals surface area contributed by atoms with E-state index in [1.807, 2.05) is 25.1 Å². The first-order valence-electron chi connectivity index (χ1n) is 7.94. The third-order valence-electron chi connectivity index (χ3n) is 4.74. The molecule has 1 heterocycles. The summed E-state index contributed by atoms with van der Waals surface area (Å²) in [5.74, 6) is 0.765. The lowest BCUT2D eigenvalue weighted by atomic mass is 9.90. The van der Waals surface area contributed by atoms with Crippen LogP contribution in [0.3, 0.4) is 0 Å². The highest BCUT2D eigenvalue weighted by Gasteiger charge is 2.40. The Morgan fingerprint density at radius 1 is 1.38 bits per heavy atom. The highest BCUT2D eigenvalue weighted by Crippen LogP contribution is 2.41. The van der Waals surface area contributed by atoms with Crippen molar-refractivity contribution in [1.82, 2.24) is 0 Å². The summed E-state index contributed by atoms with van der Waals surface area (Å²) >= 11 is 6.33. The molecule has 3 rings (SSSR count). The molecule has 1 unspecified atom stereocenters. The Kier molecular flexibility index (Phi) is 4.43. The average Bonchev–Trinajstić information content (AvgIpc) is 2.89. The average molecular weight is 310 g/mol. The van der Waals surface area contributed by atoms with Crippen LogP contribution in [-0.4, -0.2) is 18.3 Å². The summed E-state index contributed by atoms with van der Waals surface area (Å²) in [6.07, 6.45) is 7.02. The van der Waals surface area contributed by atoms with E-state index in [0.717, 1.165) is 30.8 Å². The molecule has 1 aromatic rings. The van der Waals surface area contributed by atoms with Gasteiger partial charge in [0.25, 0.3) is 0 Å². The number of hydrogen-bond donors (Lipinski definition) is 1. The van der Waals surface area contributed by atoms with Gasteiger partial charge in [0.05, 0.1) is 17.2 Å². The van der Waals surface area contributed by atoms with Crippen LogP contribution in [-0.2, 0) is 4.74 Å². The molecule has 2 atom stereocenters. The van der Waals surface area contributed by atoms with Crippen molar-refractivity contribution in [3.8, 4) is 5.75 Å². The van der Waals surface area contributed by atoms with E-state index in [-0.39, 0.29) is 17.7 Å². The van der Waals surface area contributed by atoms with Crippen LogP contribution < -0.4 is 10.5 Å². The highest BCUT2D eigenvalue weighted by molar-refractivity contribution is 6.32. The van der Waals surface area contributed by atoms with Crippen molar-refractivity contribution in [3.63, 3.8) is 0 Å². The summed E-state index contributed by atoms with van der Waals surface area (Å²) in [7, 11) is 0. The molecule has 1 spiro atoms. The Bertz CT molecular complexity index is 498. The van der Waals surface area contributed by atoms with E-state index in [1.54, 1.807) is 0 Å². The van der Waals surface area contributed by atoms with Gasteiger partial charge in [-0.05, 0) is 37.5 Å². The Balaban J connectivity index is 1.68. The number of rotatable bonds is 3. The van der Waals surface area contributed by atoms with Gasteiger partial charge in [0.15, 0.2) is 0 Å². The van der Waals surface area contributed by atoms with Crippen molar-refractivity contribution in [1.29, 1.82) is 0 Å². The molecule has 0 radical (unpaired) electrons. The molecule has 2 N–H and O–H groups in total. The first kappa shape index (κ1) is 15.1. The fourth-order valence-corrected chi connectivity index (χ4v) is 3.76. The minimum atomic E-state index is -0.0126. The maximum absolute atomic E-state index is 6.33. The van der Waals surface area contributed by atoms with Crippen molar-refractivity contribution >= 4 is 11.6 Å². The Morgan fingerprint density at radius 3 is 2.81 bits per heavy atom. The van der Waals surface area contributed by atoms with Crippen molar-refractivity contribution < 1.29 is 9.47 Å². The molecule has 0 amide bonds. The monoisotopic (exact) mass is 309 g/mol. The largest absolute Gasteiger partial charge is 0.489 e. The van der Waals surface area contributed by atoms with Crippen LogP contribution in [0.2, 0.25) is 5.02 Å². The minimum Gasteiger partial charge on any atom is -0.489 e. The Labute approximate surface area is 131 Å². The second-order valence-corrected chi connectivity index (χ2v) is 6.86. The van der Waals surface area contributed by atoms with Gasteiger partial charge in [-0.2, -0.15) is 0 Å². The van der Waals surface area contributed by atoms with Crippen LogP contribution in [0.5, 0.6) is 5.75 Å². The van der Waals surface area contributed by atoms with Gasteiger partial charge in [0.1, 0.15) is 11.9 Å². The first-order valence-corrected chi connectivity index (χ1v) is 8.31. The van der Waals surface area contributed by atoms with E-state index >= 15 is 0 Å². The summed E-state index contributed by atoms with van der Waals surface area (Å²) in [4.78, 5) is 0. The molecule has 1 saturated heterocycles. The van der Waals surface area contributed by atoms with E-state index in [9.17, 15) is 0 Å². The lowest BCUT2D eigenvalue weighted by molar-refractivity contribution is -0.108. The number of hydrogen-bond acceptors (Lipinski definition) is 3. The van der Waals surface area contributed by atoms with Gasteiger partial charge in [-0.25, -0.2) is 0 Å². The van der Waals surface area contributed by atoms with Crippen LogP contribution in [0.4, 0.5) is 0 Å². The van der Waals surface area contributed by atoms with Crippen molar-refractivity contribution in [2.45, 2.75) is 63.2 Å². The normalized spacial score (nSPS) is 26.0. The summed E-state index contributed by atoms with van der Waals surface area (Å²) in [6.45, 7) is 2.74. The maximum atomic E-state index is 6.33. The number of halogens is 1. The molecule has 21 heavy (non-hydrogen) atoms. The quantitative estimate of drug-likeness (QED) is 0.908. The molecule has 1 aliphatic carbocycles. The number of ether oxygens (including phenoxy) is 2. The zero-order chi connectivity index (χ0) is 14.9. The zero-order valence-electron chi connectivity index (χ0n) is 12.6. The Hall–Kier alpha value is -0.770. The maximum Gasteiger partial charge on any atom is 0.138 e. The number of benzene rings is 1. The van der Waals surface area contributed by atoms with E-state index < -0.39 is 0 Å². The van der Waals surface area contributed by atoms with Crippen LogP contribution in [0.15, 0.2) is 18.2 Å². The SMILES string of the molecule is C[C@@H](N)c1ccc(OC2CCOC3(CCCC3)C2)c(Cl)c1. The van der Waals surface area contributed by atoms with Crippen molar-refractivity contribution in [2.75, 3.05) is 6.61 Å². The third-order valence-corrected chi connectivity index (χ3v) is 5.03. The predicted molar refractivity (Wildman–Crippen MR) is 84.9 cm³/mol. The van der Waals surface area contributed by atoms with Gasteiger partial charge in [-0.3, -0.25) is 0 Å². The molecule has 2 aliphatic rings. The minimum absolute atomic E-state index is 0.0126. The standard InChI is InChI=1S/C17H24ClNO2/c1-12(19)13-4-5-16(15(18)10-13)21-14-6-9-20-17(11-14)7-2-3-8-17/h4-5,10,12,14H,2-3,6-9,11,19H2,1H3/t12-,14?/m1/s1. The summed E-state index contributed by atoms with van der Waals surface area (Å²) < 4.78 is 12.2. The van der Waals surface area contributed by atoms with Crippen LogP contribution in [0.1, 0.15) is 57.1 Å². The predicted octanol–water partition coefficient (Wildman–Crippen LogP) is 4.23. The summed E-state index contributed by atoms with van der Waals surface area (Å²) in [6, 6.07) is 5.84. The van der Waals surface area contributed by atoms with Gasteiger partial charge in [-0.15, -0.1) is 0 Å². The molecule has 2 fully saturated rings. The Morgan fingerprint density at radius 2 is 2.14 bits per heavy atom. The smallest absolute Gasteiger partial charge is 0.138 e. The highest BCUT2D eigenvalue weighted by atomic mass is 35.5. The van der Waals surface area contributed by atoms with Gasteiger partial charge in [0.2, 0.25) is 0 Å². The van der Waals surface area contributed by atoms with E-state index in [2.05, 4.69) is 0 Å². The molecular weight excluding hydrogens is 286 g/mol. The molecule has 1 aromatic carbocycles. The number of nitrogens with two attached hydrogens (primary N) is 1. The van der Waals surface area contributed by atoms with Crippen molar-refractivity contribution in [2.24, 2.45) is 5.73 Å². The molecule has 1 aliphatic heterocycles. The summed E-state index contributed by atoms with van der Waals surface area (Å²) in [5.41, 5.74) is 6.98. The molecule has 116 valence electrons. The van der Waals surface area contributed by atoms with Crippen LogP contribution in [0.25, 0.3) is 0 Å². The first-order chi connectivity index (χ1) is 10.1. The zero-order valence-corrected chi connectivity index (χ0v) is 13.4. The lowest BCUT2D eigenvalue weighted by Crippen LogP contribution is -2.41. The van der Waals surface area contributed by atoms with Gasteiger partial charge in [0, 0.05) is 18.9 Å². The van der Waals surface area contributed by atoms with E-state index in [1.165, 1.54) is 25.7 Å². The van der Waals surface area contributed by atoms with Crippen LogP contribution in [0, 0.1) is 0 Å². The molecular formula is C17H24ClNO2. The second kappa shape index (κ2) is 6.15. The second-order valence-electron chi connectivity index (χ2n) is 6.45. The van der Waals surface area contributed by atoms with Gasteiger partial charge in [-0.1, -0.05) is 30.5 Å². The van der Waals surface area contributed by atoms with Gasteiger partial charge >= 0.3 is 0 Å².